The summed E-state index contributed by atoms with van der Waals surface area (Å²) in [7, 11) is 1.62. The summed E-state index contributed by atoms with van der Waals surface area (Å²) < 4.78 is 6.00. The van der Waals surface area contributed by atoms with Gasteiger partial charge in [0.1, 0.15) is 0 Å². The van der Waals surface area contributed by atoms with Crippen molar-refractivity contribution in [2.24, 2.45) is 5.84 Å². The molecule has 1 aromatic carbocycles. The van der Waals surface area contributed by atoms with Crippen molar-refractivity contribution in [1.29, 1.82) is 0 Å². The van der Waals surface area contributed by atoms with Gasteiger partial charge in [-0.25, -0.2) is 0 Å². The molecule has 14 heavy (non-hydrogen) atoms. The van der Waals surface area contributed by atoms with Crippen LogP contribution in [-0.4, -0.2) is 13.7 Å². The average Bonchev–Trinajstić information content (AvgIpc) is 2.18. The number of rotatable bonds is 4. The second-order valence-corrected chi connectivity index (χ2v) is 3.86. The molecule has 78 valence electrons. The van der Waals surface area contributed by atoms with Gasteiger partial charge in [-0.3, -0.25) is 11.3 Å². The van der Waals surface area contributed by atoms with Gasteiger partial charge < -0.3 is 10.5 Å². The highest BCUT2D eigenvalue weighted by Gasteiger charge is 2.12. The van der Waals surface area contributed by atoms with Crippen LogP contribution in [-0.2, 0) is 4.74 Å². The van der Waals surface area contributed by atoms with Crippen LogP contribution in [0.25, 0.3) is 0 Å². The first kappa shape index (κ1) is 11.5. The largest absolute Gasteiger partial charge is 0.398 e. The SMILES string of the molecule is COCC(NN)c1cc(Br)ccc1N. The number of hydrogen-bond donors (Lipinski definition) is 3. The average molecular weight is 260 g/mol. The zero-order valence-electron chi connectivity index (χ0n) is 7.96. The highest BCUT2D eigenvalue weighted by Crippen LogP contribution is 2.24. The summed E-state index contributed by atoms with van der Waals surface area (Å²) in [6.45, 7) is 0.483. The Bertz CT molecular complexity index is 306. The fraction of sp³-hybridized carbons (Fsp3) is 0.333. The molecule has 5 heteroatoms. The Kier molecular flexibility index (Phi) is 4.34. The quantitative estimate of drug-likeness (QED) is 0.432. The predicted molar refractivity (Wildman–Crippen MR) is 60.5 cm³/mol. The van der Waals surface area contributed by atoms with E-state index in [0.717, 1.165) is 10.0 Å². The van der Waals surface area contributed by atoms with Gasteiger partial charge in [0, 0.05) is 17.3 Å². The summed E-state index contributed by atoms with van der Waals surface area (Å²) in [5.74, 6) is 5.41. The maximum atomic E-state index is 5.82. The number of nitrogens with two attached hydrogens (primary N) is 2. The van der Waals surface area contributed by atoms with Crippen LogP contribution in [0.4, 0.5) is 5.69 Å². The second-order valence-electron chi connectivity index (χ2n) is 2.95. The topological polar surface area (TPSA) is 73.3 Å². The minimum Gasteiger partial charge on any atom is -0.398 e. The Morgan fingerprint density at radius 2 is 2.29 bits per heavy atom. The first-order valence-electron chi connectivity index (χ1n) is 4.19. The van der Waals surface area contributed by atoms with Crippen molar-refractivity contribution in [3.63, 3.8) is 0 Å². The number of nitrogens with one attached hydrogen (secondary N) is 1. The molecule has 1 atom stereocenters. The third-order valence-corrected chi connectivity index (χ3v) is 2.45. The summed E-state index contributed by atoms with van der Waals surface area (Å²) in [5.41, 5.74) is 10.1. The molecule has 0 radical (unpaired) electrons. The van der Waals surface area contributed by atoms with Crippen LogP contribution in [0.15, 0.2) is 22.7 Å². The Balaban J connectivity index is 2.96. The zero-order valence-corrected chi connectivity index (χ0v) is 9.54. The molecule has 1 unspecified atom stereocenters. The molecule has 0 fully saturated rings. The standard InChI is InChI=1S/C9H14BrN3O/c1-14-5-9(13-12)7-4-6(10)2-3-8(7)11/h2-4,9,13H,5,11-12H2,1H3. The minimum absolute atomic E-state index is 0.0856. The Hall–Kier alpha value is -0.620. The van der Waals surface area contributed by atoms with E-state index in [2.05, 4.69) is 21.4 Å². The normalized spacial score (nSPS) is 12.8. The highest BCUT2D eigenvalue weighted by molar-refractivity contribution is 9.10. The minimum atomic E-state index is -0.0856. The molecule has 5 N–H and O–H groups in total. The Morgan fingerprint density at radius 3 is 2.86 bits per heavy atom. The third kappa shape index (κ3) is 2.68. The van der Waals surface area contributed by atoms with Crippen LogP contribution in [0.5, 0.6) is 0 Å². The van der Waals surface area contributed by atoms with Gasteiger partial charge in [-0.1, -0.05) is 15.9 Å². The smallest absolute Gasteiger partial charge is 0.0714 e. The highest BCUT2D eigenvalue weighted by atomic mass is 79.9. The summed E-state index contributed by atoms with van der Waals surface area (Å²) in [4.78, 5) is 0. The van der Waals surface area contributed by atoms with E-state index in [9.17, 15) is 0 Å². The van der Waals surface area contributed by atoms with E-state index in [-0.39, 0.29) is 6.04 Å². The second kappa shape index (κ2) is 5.31. The van der Waals surface area contributed by atoms with Gasteiger partial charge in [0.25, 0.3) is 0 Å². The molecule has 0 saturated carbocycles. The van der Waals surface area contributed by atoms with E-state index in [1.54, 1.807) is 7.11 Å². The lowest BCUT2D eigenvalue weighted by Gasteiger charge is -2.17. The lowest BCUT2D eigenvalue weighted by Crippen LogP contribution is -2.31. The summed E-state index contributed by atoms with van der Waals surface area (Å²) in [5, 5.41) is 0. The molecule has 0 aliphatic rings. The lowest BCUT2D eigenvalue weighted by molar-refractivity contribution is 0.167. The van der Waals surface area contributed by atoms with Crippen LogP contribution in [0.3, 0.4) is 0 Å². The molecule has 0 bridgehead atoms. The van der Waals surface area contributed by atoms with E-state index >= 15 is 0 Å². The first-order chi connectivity index (χ1) is 6.69. The zero-order chi connectivity index (χ0) is 10.6. The van der Waals surface area contributed by atoms with Crippen LogP contribution in [0.1, 0.15) is 11.6 Å². The summed E-state index contributed by atoms with van der Waals surface area (Å²) in [6, 6.07) is 5.56. The number of nitrogen functional groups attached to an aromatic ring is 1. The fourth-order valence-electron chi connectivity index (χ4n) is 1.24. The number of benzene rings is 1. The predicted octanol–water partition coefficient (Wildman–Crippen LogP) is 1.18. The molecule has 4 nitrogen and oxygen atoms in total. The summed E-state index contributed by atoms with van der Waals surface area (Å²) in [6.07, 6.45) is 0. The van der Waals surface area contributed by atoms with E-state index in [4.69, 9.17) is 16.3 Å². The number of halogens is 1. The molecule has 0 aliphatic heterocycles. The molecule has 0 aliphatic carbocycles. The number of ether oxygens (including phenoxy) is 1. The Morgan fingerprint density at radius 1 is 1.57 bits per heavy atom. The van der Waals surface area contributed by atoms with Crippen molar-refractivity contribution in [3.05, 3.63) is 28.2 Å². The van der Waals surface area contributed by atoms with Crippen LogP contribution in [0.2, 0.25) is 0 Å². The van der Waals surface area contributed by atoms with Gasteiger partial charge in [-0.2, -0.15) is 0 Å². The van der Waals surface area contributed by atoms with Crippen molar-refractivity contribution >= 4 is 21.6 Å². The molecule has 0 amide bonds. The van der Waals surface area contributed by atoms with Gasteiger partial charge in [0.2, 0.25) is 0 Å². The van der Waals surface area contributed by atoms with E-state index in [1.165, 1.54) is 0 Å². The maximum absolute atomic E-state index is 5.82. The van der Waals surface area contributed by atoms with Gasteiger partial charge in [0.15, 0.2) is 0 Å². The van der Waals surface area contributed by atoms with Gasteiger partial charge in [-0.05, 0) is 23.8 Å². The Labute approximate surface area is 91.7 Å². The van der Waals surface area contributed by atoms with Crippen molar-refractivity contribution < 1.29 is 4.74 Å². The van der Waals surface area contributed by atoms with Crippen molar-refractivity contribution in [1.82, 2.24) is 5.43 Å². The number of hydrogen-bond acceptors (Lipinski definition) is 4. The fourth-order valence-corrected chi connectivity index (χ4v) is 1.62. The number of methoxy groups -OCH3 is 1. The maximum Gasteiger partial charge on any atom is 0.0714 e. The molecule has 0 saturated heterocycles. The van der Waals surface area contributed by atoms with Gasteiger partial charge in [0.05, 0.1) is 12.6 Å². The summed E-state index contributed by atoms with van der Waals surface area (Å²) >= 11 is 3.38. The van der Waals surface area contributed by atoms with E-state index in [0.29, 0.717) is 12.3 Å². The van der Waals surface area contributed by atoms with Crippen molar-refractivity contribution in [3.8, 4) is 0 Å². The number of anilines is 1. The third-order valence-electron chi connectivity index (χ3n) is 1.96. The van der Waals surface area contributed by atoms with E-state index < -0.39 is 0 Å². The van der Waals surface area contributed by atoms with Gasteiger partial charge >= 0.3 is 0 Å². The van der Waals surface area contributed by atoms with Crippen molar-refractivity contribution in [2.75, 3.05) is 19.5 Å². The monoisotopic (exact) mass is 259 g/mol. The first-order valence-corrected chi connectivity index (χ1v) is 4.98. The molecular formula is C9H14BrN3O. The molecule has 1 aromatic rings. The molecule has 0 heterocycles. The molecule has 0 aromatic heterocycles. The molecular weight excluding hydrogens is 246 g/mol. The number of hydrazine groups is 1. The van der Waals surface area contributed by atoms with Gasteiger partial charge in [-0.15, -0.1) is 0 Å². The molecule has 1 rings (SSSR count). The van der Waals surface area contributed by atoms with Crippen LogP contribution >= 0.6 is 15.9 Å². The van der Waals surface area contributed by atoms with E-state index in [1.807, 2.05) is 18.2 Å². The molecule has 0 spiro atoms. The van der Waals surface area contributed by atoms with Crippen LogP contribution < -0.4 is 17.0 Å². The van der Waals surface area contributed by atoms with Crippen LogP contribution in [0, 0.1) is 0 Å². The van der Waals surface area contributed by atoms with Crippen molar-refractivity contribution in [2.45, 2.75) is 6.04 Å². The lowest BCUT2D eigenvalue weighted by atomic mass is 10.1.